The summed E-state index contributed by atoms with van der Waals surface area (Å²) in [6, 6.07) is 3.83. The van der Waals surface area contributed by atoms with Crippen molar-refractivity contribution in [2.75, 3.05) is 19.8 Å². The second-order valence-corrected chi connectivity index (χ2v) is 5.47. The van der Waals surface area contributed by atoms with Gasteiger partial charge in [0.25, 0.3) is 5.91 Å². The second-order valence-electron chi connectivity index (χ2n) is 5.47. The molecule has 0 radical (unpaired) electrons. The van der Waals surface area contributed by atoms with Crippen LogP contribution in [0.2, 0.25) is 0 Å². The third kappa shape index (κ3) is 3.17. The SMILES string of the molecule is Cn1cccc1C(=O)N1CCOCC1CCc1cnccn1. The van der Waals surface area contributed by atoms with E-state index in [0.29, 0.717) is 25.5 Å². The largest absolute Gasteiger partial charge is 0.377 e. The molecule has 2 aromatic heterocycles. The van der Waals surface area contributed by atoms with Gasteiger partial charge in [0.2, 0.25) is 0 Å². The van der Waals surface area contributed by atoms with E-state index in [-0.39, 0.29) is 11.9 Å². The first kappa shape index (κ1) is 14.7. The molecule has 0 spiro atoms. The van der Waals surface area contributed by atoms with Crippen molar-refractivity contribution in [3.63, 3.8) is 0 Å². The van der Waals surface area contributed by atoms with E-state index < -0.39 is 0 Å². The molecule has 0 aliphatic carbocycles. The van der Waals surface area contributed by atoms with E-state index in [1.807, 2.05) is 34.8 Å². The predicted molar refractivity (Wildman–Crippen MR) is 81.4 cm³/mol. The highest BCUT2D eigenvalue weighted by molar-refractivity contribution is 5.93. The summed E-state index contributed by atoms with van der Waals surface area (Å²) in [6.45, 7) is 1.81. The first-order chi connectivity index (χ1) is 10.8. The Bertz CT molecular complexity index is 626. The van der Waals surface area contributed by atoms with Crippen molar-refractivity contribution in [3.05, 3.63) is 48.3 Å². The van der Waals surface area contributed by atoms with Crippen molar-refractivity contribution in [2.24, 2.45) is 7.05 Å². The Morgan fingerprint density at radius 2 is 2.36 bits per heavy atom. The summed E-state index contributed by atoms with van der Waals surface area (Å²) in [7, 11) is 1.89. The van der Waals surface area contributed by atoms with Crippen LogP contribution in [-0.2, 0) is 18.2 Å². The Hall–Kier alpha value is -2.21. The van der Waals surface area contributed by atoms with E-state index in [9.17, 15) is 4.79 Å². The maximum atomic E-state index is 12.7. The molecule has 3 rings (SSSR count). The summed E-state index contributed by atoms with van der Waals surface area (Å²) in [6.07, 6.45) is 8.64. The number of nitrogens with zero attached hydrogens (tertiary/aromatic N) is 4. The fraction of sp³-hybridized carbons (Fsp3) is 0.438. The standard InChI is InChI=1S/C16H20N4O2/c1-19-8-2-3-15(19)16(21)20-9-10-22-12-14(20)5-4-13-11-17-6-7-18-13/h2-3,6-8,11,14H,4-5,9-10,12H2,1H3. The fourth-order valence-corrected chi connectivity index (χ4v) is 2.77. The Morgan fingerprint density at radius 1 is 1.45 bits per heavy atom. The lowest BCUT2D eigenvalue weighted by molar-refractivity contribution is -0.00461. The summed E-state index contributed by atoms with van der Waals surface area (Å²) < 4.78 is 7.42. The first-order valence-corrected chi connectivity index (χ1v) is 7.50. The van der Waals surface area contributed by atoms with Crippen molar-refractivity contribution < 1.29 is 9.53 Å². The molecule has 3 heterocycles. The summed E-state index contributed by atoms with van der Waals surface area (Å²) >= 11 is 0. The molecule has 0 N–H and O–H groups in total. The van der Waals surface area contributed by atoms with Crippen LogP contribution in [0, 0.1) is 0 Å². The first-order valence-electron chi connectivity index (χ1n) is 7.50. The third-order valence-corrected chi connectivity index (χ3v) is 4.00. The number of rotatable bonds is 4. The molecular weight excluding hydrogens is 280 g/mol. The third-order valence-electron chi connectivity index (χ3n) is 4.00. The summed E-state index contributed by atoms with van der Waals surface area (Å²) in [4.78, 5) is 23.0. The van der Waals surface area contributed by atoms with Crippen LogP contribution in [-0.4, -0.2) is 51.1 Å². The van der Waals surface area contributed by atoms with Crippen LogP contribution < -0.4 is 0 Å². The fourth-order valence-electron chi connectivity index (χ4n) is 2.77. The Balaban J connectivity index is 1.69. The minimum absolute atomic E-state index is 0.0694. The predicted octanol–water partition coefficient (Wildman–Crippen LogP) is 1.29. The van der Waals surface area contributed by atoms with Crippen LogP contribution in [0.15, 0.2) is 36.9 Å². The number of hydrogen-bond donors (Lipinski definition) is 0. The second kappa shape index (κ2) is 6.70. The van der Waals surface area contributed by atoms with E-state index in [0.717, 1.165) is 18.5 Å². The van der Waals surface area contributed by atoms with E-state index in [2.05, 4.69) is 9.97 Å². The molecule has 1 unspecified atom stereocenters. The molecule has 22 heavy (non-hydrogen) atoms. The van der Waals surface area contributed by atoms with Gasteiger partial charge in [-0.1, -0.05) is 0 Å². The maximum Gasteiger partial charge on any atom is 0.270 e. The van der Waals surface area contributed by atoms with Crippen LogP contribution in [0.5, 0.6) is 0 Å². The highest BCUT2D eigenvalue weighted by Gasteiger charge is 2.28. The summed E-state index contributed by atoms with van der Waals surface area (Å²) in [5.74, 6) is 0.0694. The number of ether oxygens (including phenoxy) is 1. The molecule has 6 heteroatoms. The quantitative estimate of drug-likeness (QED) is 0.853. The van der Waals surface area contributed by atoms with Gasteiger partial charge in [-0.3, -0.25) is 14.8 Å². The Labute approximate surface area is 129 Å². The molecular formula is C16H20N4O2. The van der Waals surface area contributed by atoms with Crippen molar-refractivity contribution in [1.29, 1.82) is 0 Å². The lowest BCUT2D eigenvalue weighted by Gasteiger charge is -2.35. The molecule has 0 aromatic carbocycles. The van der Waals surface area contributed by atoms with Crippen LogP contribution in [0.3, 0.4) is 0 Å². The summed E-state index contributed by atoms with van der Waals surface area (Å²) in [5, 5.41) is 0. The number of aromatic nitrogens is 3. The van der Waals surface area contributed by atoms with Crippen LogP contribution in [0.4, 0.5) is 0 Å². The smallest absolute Gasteiger partial charge is 0.270 e. The van der Waals surface area contributed by atoms with Crippen molar-refractivity contribution >= 4 is 5.91 Å². The zero-order chi connectivity index (χ0) is 15.4. The number of morpholine rings is 1. The average Bonchev–Trinajstić information content (AvgIpc) is 2.99. The van der Waals surface area contributed by atoms with Crippen molar-refractivity contribution in [3.8, 4) is 0 Å². The van der Waals surface area contributed by atoms with E-state index >= 15 is 0 Å². The van der Waals surface area contributed by atoms with Crippen LogP contribution in [0.25, 0.3) is 0 Å². The number of hydrogen-bond acceptors (Lipinski definition) is 4. The zero-order valence-electron chi connectivity index (χ0n) is 12.7. The molecule has 1 aliphatic heterocycles. The zero-order valence-corrected chi connectivity index (χ0v) is 12.7. The normalized spacial score (nSPS) is 18.4. The van der Waals surface area contributed by atoms with Crippen molar-refractivity contribution in [1.82, 2.24) is 19.4 Å². The van der Waals surface area contributed by atoms with Gasteiger partial charge < -0.3 is 14.2 Å². The molecule has 1 saturated heterocycles. The number of carbonyl (C=O) groups is 1. The maximum absolute atomic E-state index is 12.7. The van der Waals surface area contributed by atoms with Crippen molar-refractivity contribution in [2.45, 2.75) is 18.9 Å². The molecule has 6 nitrogen and oxygen atoms in total. The number of aryl methyl sites for hydroxylation is 2. The minimum Gasteiger partial charge on any atom is -0.377 e. The lowest BCUT2D eigenvalue weighted by Crippen LogP contribution is -2.49. The van der Waals surface area contributed by atoms with Crippen LogP contribution in [0.1, 0.15) is 22.6 Å². The number of amides is 1. The van der Waals surface area contributed by atoms with Gasteiger partial charge in [0.15, 0.2) is 0 Å². The van der Waals surface area contributed by atoms with Gasteiger partial charge in [-0.15, -0.1) is 0 Å². The van der Waals surface area contributed by atoms with Gasteiger partial charge in [-0.2, -0.15) is 0 Å². The van der Waals surface area contributed by atoms with E-state index in [1.54, 1.807) is 18.6 Å². The molecule has 1 fully saturated rings. The average molecular weight is 300 g/mol. The van der Waals surface area contributed by atoms with Gasteiger partial charge >= 0.3 is 0 Å². The molecule has 1 amide bonds. The van der Waals surface area contributed by atoms with Gasteiger partial charge in [0.05, 0.1) is 24.9 Å². The Morgan fingerprint density at radius 3 is 3.09 bits per heavy atom. The molecule has 0 bridgehead atoms. The van der Waals surface area contributed by atoms with Gasteiger partial charge in [-0.25, -0.2) is 0 Å². The van der Waals surface area contributed by atoms with E-state index in [1.165, 1.54) is 0 Å². The molecule has 116 valence electrons. The van der Waals surface area contributed by atoms with Gasteiger partial charge in [0.1, 0.15) is 5.69 Å². The molecule has 1 atom stereocenters. The molecule has 2 aromatic rings. The molecule has 0 saturated carbocycles. The van der Waals surface area contributed by atoms with Gasteiger partial charge in [0, 0.05) is 38.4 Å². The summed E-state index contributed by atoms with van der Waals surface area (Å²) in [5.41, 5.74) is 1.66. The molecule has 1 aliphatic rings. The lowest BCUT2D eigenvalue weighted by atomic mass is 10.1. The topological polar surface area (TPSA) is 60.2 Å². The van der Waals surface area contributed by atoms with Crippen LogP contribution >= 0.6 is 0 Å². The highest BCUT2D eigenvalue weighted by atomic mass is 16.5. The Kier molecular flexibility index (Phi) is 4.48. The minimum atomic E-state index is 0.0694. The number of carbonyl (C=O) groups excluding carboxylic acids is 1. The monoisotopic (exact) mass is 300 g/mol. The van der Waals surface area contributed by atoms with Gasteiger partial charge in [-0.05, 0) is 25.0 Å². The van der Waals surface area contributed by atoms with E-state index in [4.69, 9.17) is 4.74 Å². The highest BCUT2D eigenvalue weighted by Crippen LogP contribution is 2.16.